The summed E-state index contributed by atoms with van der Waals surface area (Å²) in [5, 5.41) is 4.23. The Kier molecular flexibility index (Phi) is 2.44. The molecule has 2 aromatic heterocycles. The Morgan fingerprint density at radius 2 is 2.35 bits per heavy atom. The standard InChI is InChI=1S/C11H15N5O/c1-8-5-10(15-3-4-17-6-9(15)2)16-11(14-8)12-7-13-16/h5,7,9H,3-4,6H2,1-2H3. The second-order valence-electron chi connectivity index (χ2n) is 4.34. The molecule has 1 fully saturated rings. The largest absolute Gasteiger partial charge is 0.377 e. The summed E-state index contributed by atoms with van der Waals surface area (Å²) in [6, 6.07) is 2.39. The van der Waals surface area contributed by atoms with Crippen molar-refractivity contribution in [1.82, 2.24) is 19.6 Å². The van der Waals surface area contributed by atoms with Crippen LogP contribution in [-0.4, -0.2) is 45.4 Å². The van der Waals surface area contributed by atoms with Crippen LogP contribution < -0.4 is 4.90 Å². The summed E-state index contributed by atoms with van der Waals surface area (Å²) in [7, 11) is 0. The number of aromatic nitrogens is 4. The monoisotopic (exact) mass is 233 g/mol. The molecule has 3 rings (SSSR count). The predicted molar refractivity (Wildman–Crippen MR) is 63.1 cm³/mol. The molecule has 90 valence electrons. The molecule has 0 bridgehead atoms. The molecule has 0 saturated carbocycles. The number of aryl methyl sites for hydroxylation is 1. The van der Waals surface area contributed by atoms with Crippen molar-refractivity contribution in [1.29, 1.82) is 0 Å². The number of rotatable bonds is 1. The molecule has 0 spiro atoms. The highest BCUT2D eigenvalue weighted by molar-refractivity contribution is 5.48. The lowest BCUT2D eigenvalue weighted by atomic mass is 10.2. The normalized spacial score (nSPS) is 21.1. The Balaban J connectivity index is 2.11. The molecule has 1 unspecified atom stereocenters. The fraction of sp³-hybridized carbons (Fsp3) is 0.545. The van der Waals surface area contributed by atoms with E-state index < -0.39 is 0 Å². The van der Waals surface area contributed by atoms with Gasteiger partial charge in [-0.2, -0.15) is 14.6 Å². The van der Waals surface area contributed by atoms with Crippen LogP contribution in [0, 0.1) is 6.92 Å². The van der Waals surface area contributed by atoms with Crippen LogP contribution in [0.15, 0.2) is 12.4 Å². The van der Waals surface area contributed by atoms with E-state index >= 15 is 0 Å². The van der Waals surface area contributed by atoms with Gasteiger partial charge in [-0.15, -0.1) is 0 Å². The van der Waals surface area contributed by atoms with E-state index in [0.717, 1.165) is 31.3 Å². The van der Waals surface area contributed by atoms with E-state index in [-0.39, 0.29) is 0 Å². The third-order valence-electron chi connectivity index (χ3n) is 3.02. The number of nitrogens with zero attached hydrogens (tertiary/aromatic N) is 5. The van der Waals surface area contributed by atoms with E-state index in [2.05, 4.69) is 26.9 Å². The van der Waals surface area contributed by atoms with Crippen LogP contribution in [0.3, 0.4) is 0 Å². The number of anilines is 1. The lowest BCUT2D eigenvalue weighted by Gasteiger charge is -2.34. The fourth-order valence-electron chi connectivity index (χ4n) is 2.18. The second-order valence-corrected chi connectivity index (χ2v) is 4.34. The van der Waals surface area contributed by atoms with Gasteiger partial charge in [-0.05, 0) is 13.8 Å². The molecule has 2 aromatic rings. The summed E-state index contributed by atoms with van der Waals surface area (Å²) in [5.74, 6) is 1.69. The van der Waals surface area contributed by atoms with Crippen LogP contribution in [0.2, 0.25) is 0 Å². The van der Waals surface area contributed by atoms with Gasteiger partial charge < -0.3 is 9.64 Å². The highest BCUT2D eigenvalue weighted by Crippen LogP contribution is 2.20. The van der Waals surface area contributed by atoms with Crippen molar-refractivity contribution in [2.75, 3.05) is 24.7 Å². The number of morpholine rings is 1. The van der Waals surface area contributed by atoms with Crippen LogP contribution in [0.5, 0.6) is 0 Å². The van der Waals surface area contributed by atoms with Crippen LogP contribution in [0.25, 0.3) is 5.78 Å². The Hall–Kier alpha value is -1.69. The molecular formula is C11H15N5O. The molecule has 0 aliphatic carbocycles. The average Bonchev–Trinajstić information content (AvgIpc) is 2.76. The molecule has 17 heavy (non-hydrogen) atoms. The smallest absolute Gasteiger partial charge is 0.254 e. The van der Waals surface area contributed by atoms with Gasteiger partial charge in [0, 0.05) is 18.3 Å². The highest BCUT2D eigenvalue weighted by atomic mass is 16.5. The maximum absolute atomic E-state index is 5.45. The first-order valence-corrected chi connectivity index (χ1v) is 5.77. The van der Waals surface area contributed by atoms with Gasteiger partial charge in [0.05, 0.1) is 19.3 Å². The summed E-state index contributed by atoms with van der Waals surface area (Å²) < 4.78 is 7.24. The Labute approximate surface area is 99.2 Å². The van der Waals surface area contributed by atoms with Gasteiger partial charge in [0.2, 0.25) is 0 Å². The average molecular weight is 233 g/mol. The minimum atomic E-state index is 0.345. The molecule has 6 heteroatoms. The first-order chi connectivity index (χ1) is 8.25. The van der Waals surface area contributed by atoms with E-state index in [1.165, 1.54) is 6.33 Å². The molecule has 1 aliphatic heterocycles. The molecule has 1 saturated heterocycles. The van der Waals surface area contributed by atoms with Crippen molar-refractivity contribution in [3.8, 4) is 0 Å². The molecular weight excluding hydrogens is 218 g/mol. The number of ether oxygens (including phenoxy) is 1. The summed E-state index contributed by atoms with van der Waals surface area (Å²) in [5.41, 5.74) is 0.958. The van der Waals surface area contributed by atoms with Crippen molar-refractivity contribution in [2.45, 2.75) is 19.9 Å². The molecule has 3 heterocycles. The zero-order chi connectivity index (χ0) is 11.8. The van der Waals surface area contributed by atoms with Crippen molar-refractivity contribution < 1.29 is 4.74 Å². The third kappa shape index (κ3) is 1.74. The summed E-state index contributed by atoms with van der Waals surface area (Å²) >= 11 is 0. The Morgan fingerprint density at radius 1 is 1.47 bits per heavy atom. The summed E-state index contributed by atoms with van der Waals surface area (Å²) in [4.78, 5) is 10.8. The predicted octanol–water partition coefficient (Wildman–Crippen LogP) is 0.658. The summed E-state index contributed by atoms with van der Waals surface area (Å²) in [6.07, 6.45) is 1.54. The molecule has 1 atom stereocenters. The first kappa shape index (κ1) is 10.5. The maximum atomic E-state index is 5.45. The highest BCUT2D eigenvalue weighted by Gasteiger charge is 2.22. The van der Waals surface area contributed by atoms with Gasteiger partial charge in [-0.3, -0.25) is 0 Å². The van der Waals surface area contributed by atoms with Gasteiger partial charge >= 0.3 is 0 Å². The van der Waals surface area contributed by atoms with Crippen LogP contribution in [-0.2, 0) is 4.74 Å². The third-order valence-corrected chi connectivity index (χ3v) is 3.02. The SMILES string of the molecule is Cc1cc(N2CCOCC2C)n2ncnc2n1. The van der Waals surface area contributed by atoms with Crippen LogP contribution in [0.4, 0.5) is 5.82 Å². The number of hydrogen-bond donors (Lipinski definition) is 0. The van der Waals surface area contributed by atoms with E-state index in [4.69, 9.17) is 4.74 Å². The van der Waals surface area contributed by atoms with E-state index in [9.17, 15) is 0 Å². The van der Waals surface area contributed by atoms with Gasteiger partial charge in [0.15, 0.2) is 0 Å². The van der Waals surface area contributed by atoms with Gasteiger partial charge in [-0.1, -0.05) is 0 Å². The van der Waals surface area contributed by atoms with Gasteiger partial charge in [0.25, 0.3) is 5.78 Å². The van der Waals surface area contributed by atoms with Crippen LogP contribution >= 0.6 is 0 Å². The maximum Gasteiger partial charge on any atom is 0.254 e. The van der Waals surface area contributed by atoms with E-state index in [1.807, 2.05) is 13.0 Å². The van der Waals surface area contributed by atoms with Crippen molar-refractivity contribution >= 4 is 11.6 Å². The van der Waals surface area contributed by atoms with Crippen LogP contribution in [0.1, 0.15) is 12.6 Å². The van der Waals surface area contributed by atoms with Crippen molar-refractivity contribution in [3.63, 3.8) is 0 Å². The molecule has 6 nitrogen and oxygen atoms in total. The Morgan fingerprint density at radius 3 is 3.18 bits per heavy atom. The molecule has 0 N–H and O–H groups in total. The topological polar surface area (TPSA) is 55.6 Å². The zero-order valence-corrected chi connectivity index (χ0v) is 10.00. The van der Waals surface area contributed by atoms with Gasteiger partial charge in [-0.25, -0.2) is 4.98 Å². The molecule has 0 aromatic carbocycles. The summed E-state index contributed by atoms with van der Waals surface area (Å²) in [6.45, 7) is 6.50. The Bertz CT molecular complexity index is 538. The number of fused-ring (bicyclic) bond motifs is 1. The molecule has 1 aliphatic rings. The lowest BCUT2D eigenvalue weighted by molar-refractivity contribution is 0.0983. The van der Waals surface area contributed by atoms with Gasteiger partial charge in [0.1, 0.15) is 12.1 Å². The molecule has 0 amide bonds. The number of hydrogen-bond acceptors (Lipinski definition) is 5. The minimum absolute atomic E-state index is 0.345. The minimum Gasteiger partial charge on any atom is -0.377 e. The van der Waals surface area contributed by atoms with E-state index in [1.54, 1.807) is 4.52 Å². The van der Waals surface area contributed by atoms with E-state index in [0.29, 0.717) is 11.8 Å². The van der Waals surface area contributed by atoms with Crippen molar-refractivity contribution in [3.05, 3.63) is 18.1 Å². The molecule has 0 radical (unpaired) electrons. The quantitative estimate of drug-likeness (QED) is 0.724. The fourth-order valence-corrected chi connectivity index (χ4v) is 2.18. The zero-order valence-electron chi connectivity index (χ0n) is 10.00. The van der Waals surface area contributed by atoms with Crippen molar-refractivity contribution in [2.24, 2.45) is 0 Å². The second kappa shape index (κ2) is 3.96. The lowest BCUT2D eigenvalue weighted by Crippen LogP contribution is -2.44. The first-order valence-electron chi connectivity index (χ1n) is 5.77.